The number of anilines is 1. The number of benzene rings is 1. The third kappa shape index (κ3) is 3.70. The summed E-state index contributed by atoms with van der Waals surface area (Å²) in [6.07, 6.45) is 3.81. The molecule has 1 atom stereocenters. The zero-order valence-corrected chi connectivity index (χ0v) is 17.0. The number of carbonyl (C=O) groups is 1. The average Bonchev–Trinajstić information content (AvgIpc) is 3.20. The van der Waals surface area contributed by atoms with Gasteiger partial charge in [-0.05, 0) is 30.7 Å². The van der Waals surface area contributed by atoms with Crippen LogP contribution >= 0.6 is 0 Å². The van der Waals surface area contributed by atoms with Crippen molar-refractivity contribution >= 4 is 17.4 Å². The molecular weight excluding hydrogens is 418 g/mol. The Morgan fingerprint density at radius 1 is 1.09 bits per heavy atom. The number of hydrogen-bond acceptors (Lipinski definition) is 6. The van der Waals surface area contributed by atoms with E-state index in [0.717, 1.165) is 6.20 Å². The van der Waals surface area contributed by atoms with E-state index in [1.807, 2.05) is 0 Å². The third-order valence-corrected chi connectivity index (χ3v) is 5.09. The number of carbonyl (C=O) groups excluding carboxylic acids is 1. The molecule has 5 rings (SSSR count). The van der Waals surface area contributed by atoms with Crippen molar-refractivity contribution < 1.29 is 18.3 Å². The van der Waals surface area contributed by atoms with Gasteiger partial charge >= 0.3 is 0 Å². The fraction of sp³-hybridized carbons (Fsp3) is 0.182. The van der Waals surface area contributed by atoms with Gasteiger partial charge in [0.05, 0.1) is 18.9 Å². The second-order valence-corrected chi connectivity index (χ2v) is 7.45. The van der Waals surface area contributed by atoms with Crippen molar-refractivity contribution in [2.24, 2.45) is 0 Å². The Morgan fingerprint density at radius 2 is 1.91 bits per heavy atom. The van der Waals surface area contributed by atoms with E-state index in [4.69, 9.17) is 4.74 Å². The summed E-state index contributed by atoms with van der Waals surface area (Å²) < 4.78 is 34.7. The molecule has 4 aromatic rings. The molecule has 1 unspecified atom stereocenters. The predicted octanol–water partition coefficient (Wildman–Crippen LogP) is 3.19. The Morgan fingerprint density at radius 3 is 2.72 bits per heavy atom. The molecule has 0 radical (unpaired) electrons. The molecular formula is C22H18F2N6O2. The molecule has 0 saturated heterocycles. The van der Waals surface area contributed by atoms with Crippen LogP contribution in [0.1, 0.15) is 22.8 Å². The Hall–Kier alpha value is -4.08. The molecule has 2 bridgehead atoms. The highest BCUT2D eigenvalue weighted by Crippen LogP contribution is 2.29. The second kappa shape index (κ2) is 7.88. The summed E-state index contributed by atoms with van der Waals surface area (Å²) >= 11 is 0. The molecule has 32 heavy (non-hydrogen) atoms. The molecule has 1 aliphatic rings. The number of hydrogen-bond donors (Lipinski definition) is 2. The van der Waals surface area contributed by atoms with E-state index in [1.54, 1.807) is 25.3 Å². The van der Waals surface area contributed by atoms with Crippen LogP contribution in [0.5, 0.6) is 5.88 Å². The number of rotatable bonds is 1. The molecule has 3 aromatic heterocycles. The summed E-state index contributed by atoms with van der Waals surface area (Å²) in [5, 5.41) is 10.2. The van der Waals surface area contributed by atoms with Crippen molar-refractivity contribution in [2.75, 3.05) is 11.9 Å². The fourth-order valence-electron chi connectivity index (χ4n) is 3.49. The number of nitrogens with one attached hydrogen (secondary N) is 2. The van der Waals surface area contributed by atoms with Crippen LogP contribution in [-0.4, -0.2) is 38.1 Å². The molecule has 1 aromatic carbocycles. The zero-order chi connectivity index (χ0) is 22.2. The predicted molar refractivity (Wildman–Crippen MR) is 112 cm³/mol. The van der Waals surface area contributed by atoms with Gasteiger partial charge in [0.1, 0.15) is 29.1 Å². The topological polar surface area (TPSA) is 93.4 Å². The summed E-state index contributed by atoms with van der Waals surface area (Å²) in [6.45, 7) is 2.15. The first-order chi connectivity index (χ1) is 15.5. The van der Waals surface area contributed by atoms with Gasteiger partial charge in [-0.1, -0.05) is 12.1 Å². The van der Waals surface area contributed by atoms with Crippen LogP contribution in [0.2, 0.25) is 0 Å². The van der Waals surface area contributed by atoms with E-state index < -0.39 is 11.9 Å². The third-order valence-electron chi connectivity index (χ3n) is 5.09. The van der Waals surface area contributed by atoms with Gasteiger partial charge in [-0.15, -0.1) is 0 Å². The normalized spacial score (nSPS) is 16.2. The maximum Gasteiger partial charge on any atom is 0.256 e. The molecule has 0 fully saturated rings. The van der Waals surface area contributed by atoms with E-state index in [-0.39, 0.29) is 30.7 Å². The lowest BCUT2D eigenvalue weighted by Gasteiger charge is -2.17. The van der Waals surface area contributed by atoms with Gasteiger partial charge in [-0.25, -0.2) is 23.3 Å². The molecule has 2 N–H and O–H groups in total. The first kappa shape index (κ1) is 19.9. The van der Waals surface area contributed by atoms with E-state index >= 15 is 0 Å². The van der Waals surface area contributed by atoms with Gasteiger partial charge < -0.3 is 15.4 Å². The fourth-order valence-corrected chi connectivity index (χ4v) is 3.49. The molecule has 0 saturated carbocycles. The Balaban J connectivity index is 1.66. The number of amides is 1. The van der Waals surface area contributed by atoms with Crippen molar-refractivity contribution in [3.05, 3.63) is 71.7 Å². The standard InChI is InChI=1S/C22H18F2N6O2/c1-12-7-26-21(31)17-10-28-30-11-18(13-2-4-15(23)5-3-13)19(29-20(17)30)25-8-14-6-16(24)9-27-22(14)32-12/h2-6,9-12H,7-8H2,1H3,(H,25,29)(H,26,31). The molecule has 0 spiro atoms. The highest BCUT2D eigenvalue weighted by molar-refractivity contribution is 6.00. The highest BCUT2D eigenvalue weighted by atomic mass is 19.1. The van der Waals surface area contributed by atoms with Crippen LogP contribution in [0.15, 0.2) is 48.9 Å². The molecule has 162 valence electrons. The Bertz CT molecular complexity index is 1320. The number of fused-ring (bicyclic) bond motifs is 2. The summed E-state index contributed by atoms with van der Waals surface area (Å²) in [4.78, 5) is 21.4. The highest BCUT2D eigenvalue weighted by Gasteiger charge is 2.20. The van der Waals surface area contributed by atoms with Crippen LogP contribution in [-0.2, 0) is 6.54 Å². The van der Waals surface area contributed by atoms with Crippen LogP contribution in [0.4, 0.5) is 14.6 Å². The van der Waals surface area contributed by atoms with E-state index in [2.05, 4.69) is 25.7 Å². The second-order valence-electron chi connectivity index (χ2n) is 7.45. The van der Waals surface area contributed by atoms with Crippen molar-refractivity contribution in [1.82, 2.24) is 24.9 Å². The first-order valence-corrected chi connectivity index (χ1v) is 9.95. The lowest BCUT2D eigenvalue weighted by molar-refractivity contribution is 0.0932. The largest absolute Gasteiger partial charge is 0.473 e. The number of pyridine rings is 1. The van der Waals surface area contributed by atoms with Crippen LogP contribution in [0.25, 0.3) is 16.8 Å². The van der Waals surface area contributed by atoms with Gasteiger partial charge in [-0.3, -0.25) is 4.79 Å². The molecule has 0 aliphatic carbocycles. The molecule has 1 amide bonds. The molecule has 1 aliphatic heterocycles. The van der Waals surface area contributed by atoms with Crippen molar-refractivity contribution in [3.63, 3.8) is 0 Å². The number of nitrogens with zero attached hydrogens (tertiary/aromatic N) is 4. The van der Waals surface area contributed by atoms with Crippen LogP contribution < -0.4 is 15.4 Å². The SMILES string of the molecule is CC1CNC(=O)c2cnn3cc(-c4ccc(F)cc4)c(nc23)NCc2cc(F)cnc2O1. The number of aromatic nitrogens is 4. The zero-order valence-electron chi connectivity index (χ0n) is 17.0. The number of halogens is 2. The quantitative estimate of drug-likeness (QED) is 0.476. The molecule has 4 heterocycles. The van der Waals surface area contributed by atoms with Gasteiger partial charge in [0, 0.05) is 23.9 Å². The Labute approximate surface area is 181 Å². The van der Waals surface area contributed by atoms with E-state index in [9.17, 15) is 13.6 Å². The lowest BCUT2D eigenvalue weighted by Crippen LogP contribution is -2.33. The van der Waals surface area contributed by atoms with E-state index in [1.165, 1.54) is 28.9 Å². The van der Waals surface area contributed by atoms with Gasteiger partial charge in [-0.2, -0.15) is 5.10 Å². The van der Waals surface area contributed by atoms with Gasteiger partial charge in [0.2, 0.25) is 5.88 Å². The summed E-state index contributed by atoms with van der Waals surface area (Å²) in [6, 6.07) is 7.26. The average molecular weight is 436 g/mol. The summed E-state index contributed by atoms with van der Waals surface area (Å²) in [7, 11) is 0. The number of ether oxygens (including phenoxy) is 1. The van der Waals surface area contributed by atoms with Gasteiger partial charge in [0.15, 0.2) is 5.65 Å². The lowest BCUT2D eigenvalue weighted by atomic mass is 10.1. The van der Waals surface area contributed by atoms with Crippen LogP contribution in [0.3, 0.4) is 0 Å². The van der Waals surface area contributed by atoms with Crippen molar-refractivity contribution in [3.8, 4) is 17.0 Å². The minimum atomic E-state index is -0.500. The van der Waals surface area contributed by atoms with Crippen molar-refractivity contribution in [1.29, 1.82) is 0 Å². The smallest absolute Gasteiger partial charge is 0.256 e. The van der Waals surface area contributed by atoms with Crippen molar-refractivity contribution in [2.45, 2.75) is 19.6 Å². The maximum atomic E-state index is 13.9. The minimum absolute atomic E-state index is 0.162. The minimum Gasteiger partial charge on any atom is -0.473 e. The van der Waals surface area contributed by atoms with Gasteiger partial charge in [0.25, 0.3) is 5.91 Å². The summed E-state index contributed by atoms with van der Waals surface area (Å²) in [5.41, 5.74) is 2.45. The Kier molecular flexibility index (Phi) is 4.89. The monoisotopic (exact) mass is 436 g/mol. The maximum absolute atomic E-state index is 13.9. The molecule has 8 nitrogen and oxygen atoms in total. The van der Waals surface area contributed by atoms with E-state index in [0.29, 0.717) is 33.7 Å². The summed E-state index contributed by atoms with van der Waals surface area (Å²) in [5.74, 6) is -0.543. The van der Waals surface area contributed by atoms with Crippen LogP contribution in [0, 0.1) is 11.6 Å². The molecule has 10 heteroatoms. The first-order valence-electron chi connectivity index (χ1n) is 9.95.